The van der Waals surface area contributed by atoms with Crippen LogP contribution in [0.2, 0.25) is 0 Å². The molecule has 0 radical (unpaired) electrons. The van der Waals surface area contributed by atoms with Crippen molar-refractivity contribution in [2.75, 3.05) is 30.4 Å². The summed E-state index contributed by atoms with van der Waals surface area (Å²) in [6, 6.07) is 6.09. The molecule has 1 saturated heterocycles. The standard InChI is InChI=1S/C27H34ClN3O2.C2H6/c1-8-10-24(32)31-15-13-27(14-16-31,21(9-2)18(3)19(4)28)29-20-11-12-22-23(17-20)30(7)25(33)26(22,5)6;1-2/h8-12,17,29H,2,4,13-16H2,1,3,5-7H3;1-2H3/b10-8+,21-18+;. The quantitative estimate of drug-likeness (QED) is 0.357. The first-order valence-electron chi connectivity index (χ1n) is 12.3. The molecule has 2 aliphatic rings. The van der Waals surface area contributed by atoms with Crippen LogP contribution in [0.5, 0.6) is 0 Å². The summed E-state index contributed by atoms with van der Waals surface area (Å²) in [6.07, 6.45) is 6.59. The molecule has 1 fully saturated rings. The van der Waals surface area contributed by atoms with Crippen molar-refractivity contribution in [1.29, 1.82) is 0 Å². The first-order chi connectivity index (χ1) is 16.5. The number of allylic oxidation sites excluding steroid dienone is 3. The maximum Gasteiger partial charge on any atom is 0.246 e. The number of likely N-dealkylation sites (tertiary alicyclic amines) is 1. The SMILES string of the molecule is C=C/C(=C(/C)C(=C)Cl)C1(Nc2ccc3c(c2)N(C)C(=O)C3(C)C)CCN(C(=O)/C=C/C)CC1.CC. The molecule has 1 N–H and O–H groups in total. The Balaban J connectivity index is 0.00000210. The zero-order valence-electron chi connectivity index (χ0n) is 22.3. The molecule has 3 rings (SSSR count). The predicted octanol–water partition coefficient (Wildman–Crippen LogP) is 6.57. The van der Waals surface area contributed by atoms with Crippen LogP contribution in [0.15, 0.2) is 65.8 Å². The Morgan fingerprint density at radius 1 is 1.20 bits per heavy atom. The van der Waals surface area contributed by atoms with Gasteiger partial charge in [-0.3, -0.25) is 9.59 Å². The molecule has 0 aliphatic carbocycles. The first-order valence-corrected chi connectivity index (χ1v) is 12.7. The molecule has 0 saturated carbocycles. The Morgan fingerprint density at radius 2 is 1.80 bits per heavy atom. The molecule has 190 valence electrons. The van der Waals surface area contributed by atoms with Gasteiger partial charge in [0.25, 0.3) is 0 Å². The van der Waals surface area contributed by atoms with Crippen LogP contribution < -0.4 is 10.2 Å². The van der Waals surface area contributed by atoms with Gasteiger partial charge < -0.3 is 15.1 Å². The Hall–Kier alpha value is -2.79. The number of anilines is 2. The van der Waals surface area contributed by atoms with Crippen LogP contribution in [0.1, 0.15) is 59.9 Å². The fraction of sp³-hybridized carbons (Fsp3) is 0.448. The molecule has 0 atom stereocenters. The molecule has 35 heavy (non-hydrogen) atoms. The van der Waals surface area contributed by atoms with Crippen LogP contribution in [-0.2, 0) is 15.0 Å². The van der Waals surface area contributed by atoms with Gasteiger partial charge in [-0.05, 0) is 75.5 Å². The molecule has 1 aromatic rings. The van der Waals surface area contributed by atoms with Crippen molar-refractivity contribution in [3.63, 3.8) is 0 Å². The molecule has 2 amide bonds. The minimum Gasteiger partial charge on any atom is -0.375 e. The summed E-state index contributed by atoms with van der Waals surface area (Å²) in [5.41, 5.74) is 3.68. The fourth-order valence-corrected chi connectivity index (χ4v) is 5.11. The van der Waals surface area contributed by atoms with E-state index in [1.165, 1.54) is 0 Å². The van der Waals surface area contributed by atoms with Crippen molar-refractivity contribution >= 4 is 34.8 Å². The normalized spacial score (nSPS) is 18.9. The van der Waals surface area contributed by atoms with Gasteiger partial charge in [0.2, 0.25) is 11.8 Å². The van der Waals surface area contributed by atoms with Gasteiger partial charge in [0.15, 0.2) is 0 Å². The number of benzene rings is 1. The lowest BCUT2D eigenvalue weighted by Crippen LogP contribution is -2.51. The van der Waals surface area contributed by atoms with Crippen LogP contribution in [0.25, 0.3) is 0 Å². The minimum absolute atomic E-state index is 0.0219. The van der Waals surface area contributed by atoms with Crippen molar-refractivity contribution in [1.82, 2.24) is 4.90 Å². The Bertz CT molecular complexity index is 1060. The second-order valence-corrected chi connectivity index (χ2v) is 9.86. The lowest BCUT2D eigenvalue weighted by Gasteiger charge is -2.44. The monoisotopic (exact) mass is 497 g/mol. The molecule has 1 aromatic carbocycles. The summed E-state index contributed by atoms with van der Waals surface area (Å²) >= 11 is 6.30. The van der Waals surface area contributed by atoms with Crippen LogP contribution in [0.4, 0.5) is 11.4 Å². The van der Waals surface area contributed by atoms with E-state index in [1.54, 1.807) is 17.1 Å². The van der Waals surface area contributed by atoms with Crippen molar-refractivity contribution < 1.29 is 9.59 Å². The van der Waals surface area contributed by atoms with Gasteiger partial charge in [0.05, 0.1) is 11.0 Å². The molecule has 6 heteroatoms. The number of likely N-dealkylation sites (N-methyl/N-ethyl adjacent to an activating group) is 1. The Kier molecular flexibility index (Phi) is 9.18. The second kappa shape index (κ2) is 11.3. The highest BCUT2D eigenvalue weighted by Gasteiger charge is 2.43. The average Bonchev–Trinajstić information content (AvgIpc) is 3.01. The van der Waals surface area contributed by atoms with Gasteiger partial charge in [-0.15, -0.1) is 0 Å². The van der Waals surface area contributed by atoms with Gasteiger partial charge in [0, 0.05) is 36.5 Å². The summed E-state index contributed by atoms with van der Waals surface area (Å²) in [5, 5.41) is 4.21. The second-order valence-electron chi connectivity index (χ2n) is 9.40. The van der Waals surface area contributed by atoms with Crippen molar-refractivity contribution in [3.8, 4) is 0 Å². The van der Waals surface area contributed by atoms with E-state index in [0.29, 0.717) is 31.0 Å². The van der Waals surface area contributed by atoms with E-state index < -0.39 is 11.0 Å². The van der Waals surface area contributed by atoms with Crippen LogP contribution in [-0.4, -0.2) is 42.4 Å². The Morgan fingerprint density at radius 3 is 2.31 bits per heavy atom. The zero-order chi connectivity index (χ0) is 26.6. The maximum atomic E-state index is 12.7. The number of piperidine rings is 1. The molecule has 2 heterocycles. The third-order valence-corrected chi connectivity index (χ3v) is 7.31. The van der Waals surface area contributed by atoms with E-state index in [-0.39, 0.29) is 11.8 Å². The third-order valence-electron chi connectivity index (χ3n) is 7.02. The molecular weight excluding hydrogens is 458 g/mol. The molecule has 2 aliphatic heterocycles. The number of nitrogens with one attached hydrogen (secondary N) is 1. The number of hydrogen-bond acceptors (Lipinski definition) is 3. The number of nitrogens with zero attached hydrogens (tertiary/aromatic N) is 2. The highest BCUT2D eigenvalue weighted by Crippen LogP contribution is 2.44. The van der Waals surface area contributed by atoms with Gasteiger partial charge >= 0.3 is 0 Å². The summed E-state index contributed by atoms with van der Waals surface area (Å²) in [6.45, 7) is 20.9. The third kappa shape index (κ3) is 5.40. The van der Waals surface area contributed by atoms with E-state index in [4.69, 9.17) is 11.6 Å². The highest BCUT2D eigenvalue weighted by molar-refractivity contribution is 6.31. The van der Waals surface area contributed by atoms with Crippen molar-refractivity contribution in [3.05, 3.63) is 71.3 Å². The number of carbonyl (C=O) groups is 2. The molecule has 0 unspecified atom stereocenters. The number of hydrogen-bond donors (Lipinski definition) is 1. The van der Waals surface area contributed by atoms with Crippen LogP contribution in [0.3, 0.4) is 0 Å². The summed E-state index contributed by atoms with van der Waals surface area (Å²) < 4.78 is 0. The number of fused-ring (bicyclic) bond motifs is 1. The minimum atomic E-state index is -0.544. The highest BCUT2D eigenvalue weighted by atomic mass is 35.5. The first kappa shape index (κ1) is 28.4. The zero-order valence-corrected chi connectivity index (χ0v) is 23.1. The van der Waals surface area contributed by atoms with E-state index >= 15 is 0 Å². The number of carbonyl (C=O) groups excluding carboxylic acids is 2. The van der Waals surface area contributed by atoms with Gasteiger partial charge in [-0.2, -0.15) is 0 Å². The number of amides is 2. The summed E-state index contributed by atoms with van der Waals surface area (Å²) in [4.78, 5) is 28.7. The molecule has 0 spiro atoms. The van der Waals surface area contributed by atoms with E-state index in [2.05, 4.69) is 18.5 Å². The molecule has 0 bridgehead atoms. The lowest BCUT2D eigenvalue weighted by molar-refractivity contribution is -0.127. The Labute approximate surface area is 216 Å². The topological polar surface area (TPSA) is 52.7 Å². The summed E-state index contributed by atoms with van der Waals surface area (Å²) in [5.74, 6) is 0.106. The van der Waals surface area contributed by atoms with E-state index in [9.17, 15) is 9.59 Å². The average molecular weight is 498 g/mol. The van der Waals surface area contributed by atoms with E-state index in [1.807, 2.05) is 77.8 Å². The molecule has 0 aromatic heterocycles. The van der Waals surface area contributed by atoms with Crippen LogP contribution >= 0.6 is 11.6 Å². The molecular formula is C29H40ClN3O2. The largest absolute Gasteiger partial charge is 0.375 e. The predicted molar refractivity (Wildman–Crippen MR) is 149 cm³/mol. The van der Waals surface area contributed by atoms with E-state index in [0.717, 1.165) is 28.1 Å². The van der Waals surface area contributed by atoms with Gasteiger partial charge in [-0.25, -0.2) is 0 Å². The maximum absolute atomic E-state index is 12.7. The van der Waals surface area contributed by atoms with Crippen molar-refractivity contribution in [2.45, 2.75) is 65.3 Å². The number of rotatable bonds is 6. The smallest absolute Gasteiger partial charge is 0.246 e. The van der Waals surface area contributed by atoms with Gasteiger partial charge in [-0.1, -0.05) is 56.8 Å². The van der Waals surface area contributed by atoms with Gasteiger partial charge in [0.1, 0.15) is 0 Å². The molecule has 5 nitrogen and oxygen atoms in total. The fourth-order valence-electron chi connectivity index (χ4n) is 5.01. The summed E-state index contributed by atoms with van der Waals surface area (Å²) in [7, 11) is 1.82. The van der Waals surface area contributed by atoms with Crippen LogP contribution in [0, 0.1) is 0 Å². The van der Waals surface area contributed by atoms with Crippen molar-refractivity contribution in [2.24, 2.45) is 0 Å². The lowest BCUT2D eigenvalue weighted by atomic mass is 9.77. The number of halogens is 1.